The average Bonchev–Trinajstić information content (AvgIpc) is 3.07. The monoisotopic (exact) mass is 351 g/mol. The van der Waals surface area contributed by atoms with Crippen LogP contribution in [0.4, 0.5) is 5.00 Å². The second-order valence-electron chi connectivity index (χ2n) is 5.42. The van der Waals surface area contributed by atoms with Crippen molar-refractivity contribution in [1.29, 1.82) is 0 Å². The standard InChI is InChI=1S/C15H17N3O5S/c1-3-22-14(20)10-8-6-4-5-7-9(8)24-13(10)16-12(19)11-15(21)23-17-18(11)2/h3-7H2,1-2H3,(H-,16,17,19,20,21). The van der Waals surface area contributed by atoms with Crippen LogP contribution in [-0.4, -0.2) is 23.7 Å². The Morgan fingerprint density at radius 1 is 1.46 bits per heavy atom. The summed E-state index contributed by atoms with van der Waals surface area (Å²) >= 11 is 1.31. The molecule has 0 spiro atoms. The number of nitrogens with zero attached hydrogens (tertiary/aromatic N) is 2. The summed E-state index contributed by atoms with van der Waals surface area (Å²) in [5.74, 6) is -1.23. The van der Waals surface area contributed by atoms with Crippen LogP contribution in [0.5, 0.6) is 0 Å². The van der Waals surface area contributed by atoms with Crippen LogP contribution < -0.4 is 15.4 Å². The van der Waals surface area contributed by atoms with Gasteiger partial charge in [0.1, 0.15) is 5.00 Å². The Kier molecular flexibility index (Phi) is 4.52. The van der Waals surface area contributed by atoms with Gasteiger partial charge in [0.15, 0.2) is 7.05 Å². The fourth-order valence-electron chi connectivity index (χ4n) is 2.76. The Morgan fingerprint density at radius 3 is 2.88 bits per heavy atom. The first-order valence-electron chi connectivity index (χ1n) is 7.68. The number of carbonyl (C=O) groups excluding carboxylic acids is 1. The summed E-state index contributed by atoms with van der Waals surface area (Å²) in [5.41, 5.74) is 0.246. The molecule has 0 aromatic carbocycles. The lowest BCUT2D eigenvalue weighted by Gasteiger charge is -2.12. The smallest absolute Gasteiger partial charge is 0.435 e. The van der Waals surface area contributed by atoms with E-state index in [1.807, 2.05) is 0 Å². The molecule has 1 aliphatic rings. The maximum atomic E-state index is 12.3. The third-order valence-corrected chi connectivity index (χ3v) is 5.03. The van der Waals surface area contributed by atoms with Crippen molar-refractivity contribution in [1.82, 2.24) is 5.27 Å². The average molecular weight is 351 g/mol. The van der Waals surface area contributed by atoms with Crippen molar-refractivity contribution in [3.8, 4) is 0 Å². The van der Waals surface area contributed by atoms with Crippen LogP contribution in [0, 0.1) is 0 Å². The predicted octanol–water partition coefficient (Wildman–Crippen LogP) is 0.348. The molecular formula is C15H17N3O5S. The Bertz CT molecular complexity index is 861. The van der Waals surface area contributed by atoms with Gasteiger partial charge in [0.05, 0.1) is 18.1 Å². The number of H-pyrrole nitrogens is 1. The van der Waals surface area contributed by atoms with E-state index >= 15 is 0 Å². The van der Waals surface area contributed by atoms with Crippen molar-refractivity contribution in [2.45, 2.75) is 32.6 Å². The number of aromatic nitrogens is 2. The highest BCUT2D eigenvalue weighted by atomic mass is 32.1. The van der Waals surface area contributed by atoms with Gasteiger partial charge in [0, 0.05) is 4.88 Å². The number of rotatable bonds is 4. The zero-order valence-corrected chi connectivity index (χ0v) is 14.2. The van der Waals surface area contributed by atoms with Gasteiger partial charge in [-0.15, -0.1) is 11.3 Å². The molecule has 2 aromatic rings. The Labute approximate surface area is 141 Å². The molecule has 2 aromatic heterocycles. The Morgan fingerprint density at radius 2 is 2.21 bits per heavy atom. The normalized spacial score (nSPS) is 14.5. The van der Waals surface area contributed by atoms with Gasteiger partial charge in [-0.3, -0.25) is 4.52 Å². The number of fused-ring (bicyclic) bond motifs is 1. The molecular weight excluding hydrogens is 334 g/mol. The van der Waals surface area contributed by atoms with Crippen molar-refractivity contribution in [2.24, 2.45) is 12.0 Å². The van der Waals surface area contributed by atoms with Crippen molar-refractivity contribution >= 4 is 28.2 Å². The van der Waals surface area contributed by atoms with Gasteiger partial charge in [-0.05, 0) is 43.4 Å². The number of carbonyl (C=O) groups is 1. The predicted molar refractivity (Wildman–Crippen MR) is 83.6 cm³/mol. The van der Waals surface area contributed by atoms with Gasteiger partial charge in [-0.25, -0.2) is 14.6 Å². The summed E-state index contributed by atoms with van der Waals surface area (Å²) in [6.07, 6.45) is 3.65. The van der Waals surface area contributed by atoms with E-state index < -0.39 is 17.5 Å². The van der Waals surface area contributed by atoms with Crippen molar-refractivity contribution in [2.75, 3.05) is 6.61 Å². The number of thiophene rings is 1. The molecule has 3 rings (SSSR count). The number of aliphatic imine (C=N–C) groups is 1. The van der Waals surface area contributed by atoms with Crippen molar-refractivity contribution in [3.63, 3.8) is 0 Å². The van der Waals surface area contributed by atoms with E-state index in [0.29, 0.717) is 10.6 Å². The maximum absolute atomic E-state index is 12.3. The topological polar surface area (TPSA) is 112 Å². The van der Waals surface area contributed by atoms with Crippen LogP contribution in [0.2, 0.25) is 0 Å². The fraction of sp³-hybridized carbons (Fsp3) is 0.467. The molecule has 24 heavy (non-hydrogen) atoms. The molecule has 0 radical (unpaired) electrons. The molecule has 128 valence electrons. The third-order valence-electron chi connectivity index (χ3n) is 3.84. The minimum absolute atomic E-state index is 0.226. The minimum atomic E-state index is -0.801. The number of aromatic amines is 1. The molecule has 0 unspecified atom stereocenters. The molecule has 0 saturated carbocycles. The second kappa shape index (κ2) is 6.60. The summed E-state index contributed by atoms with van der Waals surface area (Å²) < 4.78 is 10.8. The van der Waals surface area contributed by atoms with Crippen molar-refractivity contribution in [3.05, 3.63) is 32.1 Å². The molecule has 0 amide bonds. The van der Waals surface area contributed by atoms with Crippen LogP contribution in [0.1, 0.15) is 46.3 Å². The van der Waals surface area contributed by atoms with Gasteiger partial charge < -0.3 is 9.84 Å². The number of ether oxygens (including phenoxy) is 1. The third kappa shape index (κ3) is 2.86. The van der Waals surface area contributed by atoms with Crippen LogP contribution in [0.15, 0.2) is 14.3 Å². The molecule has 1 N–H and O–H groups in total. The highest BCUT2D eigenvalue weighted by Gasteiger charge is 2.27. The molecule has 9 heteroatoms. The maximum Gasteiger partial charge on any atom is 0.435 e. The van der Waals surface area contributed by atoms with E-state index in [1.165, 1.54) is 18.4 Å². The minimum Gasteiger partial charge on any atom is -0.854 e. The molecule has 2 heterocycles. The highest BCUT2D eigenvalue weighted by Crippen LogP contribution is 2.40. The molecule has 0 bridgehead atoms. The zero-order valence-electron chi connectivity index (χ0n) is 13.4. The molecule has 0 fully saturated rings. The Hall–Kier alpha value is -2.42. The Balaban J connectivity index is 2.10. The number of aryl methyl sites for hydroxylation is 2. The summed E-state index contributed by atoms with van der Waals surface area (Å²) in [6, 6.07) is 0. The van der Waals surface area contributed by atoms with Crippen LogP contribution in [-0.2, 0) is 24.6 Å². The number of hydrogen-bond donors (Lipinski definition) is 1. The number of hydrogen-bond acceptors (Lipinski definition) is 7. The summed E-state index contributed by atoms with van der Waals surface area (Å²) in [5, 5.41) is 14.9. The van der Waals surface area contributed by atoms with Crippen LogP contribution in [0.3, 0.4) is 0 Å². The van der Waals surface area contributed by atoms with Gasteiger partial charge >= 0.3 is 17.3 Å². The van der Waals surface area contributed by atoms with E-state index in [4.69, 9.17) is 4.74 Å². The van der Waals surface area contributed by atoms with Gasteiger partial charge in [0.2, 0.25) is 0 Å². The fourth-order valence-corrected chi connectivity index (χ4v) is 4.01. The molecule has 8 nitrogen and oxygen atoms in total. The molecule has 1 aliphatic carbocycles. The molecule has 0 atom stereocenters. The molecule has 0 aliphatic heterocycles. The first-order chi connectivity index (χ1) is 11.5. The van der Waals surface area contributed by atoms with E-state index in [2.05, 4.69) is 14.8 Å². The number of esters is 1. The lowest BCUT2D eigenvalue weighted by Crippen LogP contribution is -2.43. The van der Waals surface area contributed by atoms with E-state index in [0.717, 1.165) is 40.8 Å². The lowest BCUT2D eigenvalue weighted by molar-refractivity contribution is -0.742. The quantitative estimate of drug-likeness (QED) is 0.370. The van der Waals surface area contributed by atoms with Gasteiger partial charge in [-0.2, -0.15) is 0 Å². The lowest BCUT2D eigenvalue weighted by atomic mass is 9.95. The summed E-state index contributed by atoms with van der Waals surface area (Å²) in [6.45, 7) is 1.97. The summed E-state index contributed by atoms with van der Waals surface area (Å²) in [4.78, 5) is 29.0. The van der Waals surface area contributed by atoms with Crippen LogP contribution >= 0.6 is 11.3 Å². The van der Waals surface area contributed by atoms with E-state index in [1.54, 1.807) is 6.92 Å². The number of nitrogens with one attached hydrogen (secondary N) is 1. The second-order valence-corrected chi connectivity index (χ2v) is 6.50. The summed E-state index contributed by atoms with van der Waals surface area (Å²) in [7, 11) is 1.47. The molecule has 0 saturated heterocycles. The first kappa shape index (κ1) is 16.4. The van der Waals surface area contributed by atoms with Crippen LogP contribution in [0.25, 0.3) is 0 Å². The van der Waals surface area contributed by atoms with E-state index in [-0.39, 0.29) is 12.3 Å². The highest BCUT2D eigenvalue weighted by molar-refractivity contribution is 7.16. The van der Waals surface area contributed by atoms with Crippen molar-refractivity contribution < 1.29 is 23.8 Å². The zero-order chi connectivity index (χ0) is 17.3. The van der Waals surface area contributed by atoms with Gasteiger partial charge in [0.25, 0.3) is 0 Å². The largest absolute Gasteiger partial charge is 0.854 e. The van der Waals surface area contributed by atoms with Gasteiger partial charge in [-0.1, -0.05) is 4.68 Å². The SMILES string of the molecule is CCOC(=O)c1c(/N=C(\[O-])c2c(=O)o[nH][n+]2C)sc2c1CCCC2. The van der Waals surface area contributed by atoms with E-state index in [9.17, 15) is 14.7 Å². The first-order valence-corrected chi connectivity index (χ1v) is 8.49.